The average molecular weight is 280 g/mol. The maximum atomic E-state index is 11.6. The Balaban J connectivity index is 1.60. The quantitative estimate of drug-likeness (QED) is 0.783. The average Bonchev–Trinajstić information content (AvgIpc) is 2.89. The highest BCUT2D eigenvalue weighted by Crippen LogP contribution is 2.25. The topological polar surface area (TPSA) is 64.3 Å². The molecule has 0 radical (unpaired) electrons. The Morgan fingerprint density at radius 1 is 1.53 bits per heavy atom. The van der Waals surface area contributed by atoms with Crippen LogP contribution in [0.3, 0.4) is 0 Å². The van der Waals surface area contributed by atoms with Crippen molar-refractivity contribution in [1.82, 2.24) is 5.32 Å². The van der Waals surface area contributed by atoms with Crippen LogP contribution in [0, 0.1) is 0 Å². The largest absolute Gasteiger partial charge is 0.493 e. The second-order valence-corrected chi connectivity index (χ2v) is 6.02. The lowest BCUT2D eigenvalue weighted by atomic mass is 10.2. The molecule has 2 rings (SSSR count). The first-order valence-electron chi connectivity index (χ1n) is 6.60. The van der Waals surface area contributed by atoms with Gasteiger partial charge < -0.3 is 15.8 Å². The van der Waals surface area contributed by atoms with Crippen LogP contribution in [-0.2, 0) is 4.79 Å². The van der Waals surface area contributed by atoms with Crippen LogP contribution < -0.4 is 15.8 Å². The summed E-state index contributed by atoms with van der Waals surface area (Å²) < 4.78 is 5.48. The van der Waals surface area contributed by atoms with Crippen LogP contribution in [0.1, 0.15) is 19.3 Å². The summed E-state index contributed by atoms with van der Waals surface area (Å²) in [5, 5.41) is 3.55. The van der Waals surface area contributed by atoms with E-state index in [0.29, 0.717) is 29.7 Å². The third-order valence-electron chi connectivity index (χ3n) is 3.01. The van der Waals surface area contributed by atoms with Crippen molar-refractivity contribution in [3.63, 3.8) is 0 Å². The fraction of sp³-hybridized carbons (Fsp3) is 0.500. The Morgan fingerprint density at radius 3 is 3.16 bits per heavy atom. The van der Waals surface area contributed by atoms with Crippen LogP contribution in [0.25, 0.3) is 0 Å². The van der Waals surface area contributed by atoms with Gasteiger partial charge in [0.25, 0.3) is 0 Å². The first-order valence-corrected chi connectivity index (χ1v) is 7.65. The van der Waals surface area contributed by atoms with Crippen LogP contribution >= 0.6 is 11.8 Å². The fourth-order valence-electron chi connectivity index (χ4n) is 1.99. The maximum absolute atomic E-state index is 11.6. The van der Waals surface area contributed by atoms with Crippen LogP contribution in [0.5, 0.6) is 5.75 Å². The van der Waals surface area contributed by atoms with E-state index in [2.05, 4.69) is 5.32 Å². The van der Waals surface area contributed by atoms with Crippen molar-refractivity contribution in [2.75, 3.05) is 24.6 Å². The van der Waals surface area contributed by atoms with Crippen LogP contribution in [0.4, 0.5) is 5.69 Å². The smallest absolute Gasteiger partial charge is 0.223 e. The SMILES string of the molecule is Nc1cccc(OCCC(=O)NCC2CCCS2)c1. The van der Waals surface area contributed by atoms with Gasteiger partial charge in [0.1, 0.15) is 5.75 Å². The van der Waals surface area contributed by atoms with Crippen LogP contribution in [-0.4, -0.2) is 30.1 Å². The van der Waals surface area contributed by atoms with Gasteiger partial charge in [-0.2, -0.15) is 11.8 Å². The van der Waals surface area contributed by atoms with E-state index in [-0.39, 0.29) is 5.91 Å². The highest BCUT2D eigenvalue weighted by molar-refractivity contribution is 8.00. The van der Waals surface area contributed by atoms with E-state index in [1.165, 1.54) is 18.6 Å². The molecule has 1 unspecified atom stereocenters. The minimum absolute atomic E-state index is 0.0522. The highest BCUT2D eigenvalue weighted by Gasteiger charge is 2.15. The van der Waals surface area contributed by atoms with Gasteiger partial charge in [-0.25, -0.2) is 0 Å². The summed E-state index contributed by atoms with van der Waals surface area (Å²) in [4.78, 5) is 11.6. The van der Waals surface area contributed by atoms with Crippen molar-refractivity contribution in [2.24, 2.45) is 0 Å². The van der Waals surface area contributed by atoms with Crippen molar-refractivity contribution >= 4 is 23.4 Å². The molecule has 19 heavy (non-hydrogen) atoms. The molecule has 0 saturated carbocycles. The number of amides is 1. The van der Waals surface area contributed by atoms with Crippen molar-refractivity contribution in [3.8, 4) is 5.75 Å². The summed E-state index contributed by atoms with van der Waals surface area (Å²) in [7, 11) is 0. The lowest BCUT2D eigenvalue weighted by Gasteiger charge is -2.10. The number of benzene rings is 1. The van der Waals surface area contributed by atoms with E-state index in [1.807, 2.05) is 23.9 Å². The summed E-state index contributed by atoms with van der Waals surface area (Å²) >= 11 is 1.95. The van der Waals surface area contributed by atoms with Crippen LogP contribution in [0.2, 0.25) is 0 Å². The molecule has 1 aliphatic heterocycles. The minimum Gasteiger partial charge on any atom is -0.493 e. The monoisotopic (exact) mass is 280 g/mol. The standard InChI is InChI=1S/C14H20N2O2S/c15-11-3-1-4-12(9-11)18-7-6-14(17)16-10-13-5-2-8-19-13/h1,3-4,9,13H,2,5-8,10,15H2,(H,16,17). The maximum Gasteiger partial charge on any atom is 0.223 e. The summed E-state index contributed by atoms with van der Waals surface area (Å²) in [6.07, 6.45) is 2.86. The fourth-order valence-corrected chi connectivity index (χ4v) is 3.19. The Labute approximate surface area is 118 Å². The molecule has 1 amide bonds. The van der Waals surface area contributed by atoms with E-state index in [4.69, 9.17) is 10.5 Å². The van der Waals surface area contributed by atoms with Crippen molar-refractivity contribution in [3.05, 3.63) is 24.3 Å². The molecule has 104 valence electrons. The Hall–Kier alpha value is -1.36. The number of carbonyl (C=O) groups is 1. The van der Waals surface area contributed by atoms with Crippen molar-refractivity contribution < 1.29 is 9.53 Å². The Bertz CT molecular complexity index is 420. The van der Waals surface area contributed by atoms with Gasteiger partial charge in [0.15, 0.2) is 0 Å². The molecule has 1 aromatic rings. The third-order valence-corrected chi connectivity index (χ3v) is 4.40. The highest BCUT2D eigenvalue weighted by atomic mass is 32.2. The van der Waals surface area contributed by atoms with Gasteiger partial charge in [0.2, 0.25) is 5.91 Å². The molecule has 3 N–H and O–H groups in total. The molecule has 0 aliphatic carbocycles. The number of carbonyl (C=O) groups excluding carboxylic acids is 1. The lowest BCUT2D eigenvalue weighted by molar-refractivity contribution is -0.121. The zero-order chi connectivity index (χ0) is 13.5. The number of thioether (sulfide) groups is 1. The van der Waals surface area contributed by atoms with Crippen LogP contribution in [0.15, 0.2) is 24.3 Å². The number of hydrogen-bond donors (Lipinski definition) is 2. The van der Waals surface area contributed by atoms with Crippen molar-refractivity contribution in [1.29, 1.82) is 0 Å². The molecule has 0 aromatic heterocycles. The predicted molar refractivity (Wildman–Crippen MR) is 79.5 cm³/mol. The Morgan fingerprint density at radius 2 is 2.42 bits per heavy atom. The number of nitrogens with one attached hydrogen (secondary N) is 1. The molecule has 0 spiro atoms. The number of nitrogens with two attached hydrogens (primary N) is 1. The first kappa shape index (κ1) is 14.1. The first-order chi connectivity index (χ1) is 9.24. The van der Waals surface area contributed by atoms with E-state index < -0.39 is 0 Å². The number of hydrogen-bond acceptors (Lipinski definition) is 4. The second-order valence-electron chi connectivity index (χ2n) is 4.61. The van der Waals surface area contributed by atoms with Gasteiger partial charge in [-0.1, -0.05) is 6.07 Å². The summed E-state index contributed by atoms with van der Waals surface area (Å²) in [5.74, 6) is 1.98. The van der Waals surface area contributed by atoms with Crippen molar-refractivity contribution in [2.45, 2.75) is 24.5 Å². The van der Waals surface area contributed by atoms with E-state index >= 15 is 0 Å². The molecule has 1 heterocycles. The summed E-state index contributed by atoms with van der Waals surface area (Å²) in [5.41, 5.74) is 6.31. The zero-order valence-corrected chi connectivity index (χ0v) is 11.7. The van der Waals surface area contributed by atoms with Gasteiger partial charge in [-0.15, -0.1) is 0 Å². The van der Waals surface area contributed by atoms with E-state index in [1.54, 1.807) is 12.1 Å². The van der Waals surface area contributed by atoms with Gasteiger partial charge >= 0.3 is 0 Å². The van der Waals surface area contributed by atoms with Gasteiger partial charge in [-0.05, 0) is 30.7 Å². The summed E-state index contributed by atoms with van der Waals surface area (Å²) in [6.45, 7) is 1.16. The third kappa shape index (κ3) is 5.03. The van der Waals surface area contributed by atoms with E-state index in [9.17, 15) is 4.79 Å². The molecular formula is C14H20N2O2S. The van der Waals surface area contributed by atoms with Gasteiger partial charge in [0, 0.05) is 23.5 Å². The molecule has 1 atom stereocenters. The normalized spacial score (nSPS) is 18.2. The Kier molecular flexibility index (Phi) is 5.39. The molecule has 4 nitrogen and oxygen atoms in total. The molecule has 1 saturated heterocycles. The predicted octanol–water partition coefficient (Wildman–Crippen LogP) is 2.05. The number of nitrogen functional groups attached to an aromatic ring is 1. The molecule has 1 aliphatic rings. The molecule has 1 aromatic carbocycles. The van der Waals surface area contributed by atoms with E-state index in [0.717, 1.165) is 6.54 Å². The minimum atomic E-state index is 0.0522. The number of rotatable bonds is 6. The second kappa shape index (κ2) is 7.28. The van der Waals surface area contributed by atoms with Gasteiger partial charge in [-0.3, -0.25) is 4.79 Å². The lowest BCUT2D eigenvalue weighted by Crippen LogP contribution is -2.30. The molecule has 1 fully saturated rings. The number of ether oxygens (including phenoxy) is 1. The molecular weight excluding hydrogens is 260 g/mol. The molecule has 0 bridgehead atoms. The van der Waals surface area contributed by atoms with Gasteiger partial charge in [0.05, 0.1) is 13.0 Å². The summed E-state index contributed by atoms with van der Waals surface area (Å²) in [6, 6.07) is 7.23. The molecule has 5 heteroatoms. The zero-order valence-electron chi connectivity index (χ0n) is 10.9. The number of anilines is 1.